The minimum Gasteiger partial charge on any atom is -0.398 e. The van der Waals surface area contributed by atoms with Gasteiger partial charge in [0.05, 0.1) is 0 Å². The fourth-order valence-corrected chi connectivity index (χ4v) is 2.01. The molecular weight excluding hydrogens is 292 g/mol. The molecule has 3 N–H and O–H groups in total. The lowest BCUT2D eigenvalue weighted by molar-refractivity contribution is 0.534. The van der Waals surface area contributed by atoms with Crippen LogP contribution < -0.4 is 11.1 Å². The van der Waals surface area contributed by atoms with E-state index in [0.29, 0.717) is 12.6 Å². The molecule has 0 aliphatic heterocycles. The van der Waals surface area contributed by atoms with Crippen LogP contribution >= 0.6 is 15.9 Å². The monoisotopic (exact) mass is 308 g/mol. The van der Waals surface area contributed by atoms with Gasteiger partial charge < -0.3 is 11.1 Å². The highest BCUT2D eigenvalue weighted by Gasteiger charge is 2.03. The van der Waals surface area contributed by atoms with Crippen molar-refractivity contribution in [3.63, 3.8) is 0 Å². The maximum Gasteiger partial charge on any atom is 0.148 e. The highest BCUT2D eigenvalue weighted by atomic mass is 79.9. The smallest absolute Gasteiger partial charge is 0.148 e. The number of nitrogens with zero attached hydrogens (tertiary/aromatic N) is 2. The number of nitrogen functional groups attached to an aromatic ring is 1. The Morgan fingerprint density at radius 1 is 1.39 bits per heavy atom. The maximum atomic E-state index is 5.94. The zero-order valence-corrected chi connectivity index (χ0v) is 12.1. The summed E-state index contributed by atoms with van der Waals surface area (Å²) in [5, 5.41) is 7.70. The van der Waals surface area contributed by atoms with Crippen LogP contribution in [0.4, 0.5) is 11.5 Å². The first kappa shape index (κ1) is 13.0. The summed E-state index contributed by atoms with van der Waals surface area (Å²) in [6.07, 6.45) is 1.97. The average molecular weight is 309 g/mol. The summed E-state index contributed by atoms with van der Waals surface area (Å²) in [7, 11) is 0. The van der Waals surface area contributed by atoms with Crippen LogP contribution in [-0.4, -0.2) is 9.78 Å². The number of hydrogen-bond acceptors (Lipinski definition) is 3. The molecule has 1 aromatic carbocycles. The van der Waals surface area contributed by atoms with Crippen LogP contribution in [0.3, 0.4) is 0 Å². The Bertz CT molecular complexity index is 534. The first-order valence-corrected chi connectivity index (χ1v) is 6.68. The molecule has 18 heavy (non-hydrogen) atoms. The van der Waals surface area contributed by atoms with Gasteiger partial charge in [-0.3, -0.25) is 4.68 Å². The summed E-state index contributed by atoms with van der Waals surface area (Å²) < 4.78 is 2.92. The second-order valence-electron chi connectivity index (χ2n) is 4.47. The zero-order valence-electron chi connectivity index (χ0n) is 10.5. The molecule has 0 bridgehead atoms. The van der Waals surface area contributed by atoms with E-state index >= 15 is 0 Å². The van der Waals surface area contributed by atoms with E-state index in [1.54, 1.807) is 0 Å². The molecule has 0 spiro atoms. The fraction of sp³-hybridized carbons (Fsp3) is 0.308. The molecule has 2 aromatic rings. The standard InChI is InChI=1S/C13H17BrN4/c1-9(2)18-6-5-13(17-18)16-8-10-3-4-11(14)7-12(10)15/h3-7,9H,8,15H2,1-2H3,(H,16,17). The van der Waals surface area contributed by atoms with E-state index < -0.39 is 0 Å². The third-order valence-electron chi connectivity index (χ3n) is 2.71. The van der Waals surface area contributed by atoms with Gasteiger partial charge in [-0.05, 0) is 31.5 Å². The molecule has 2 rings (SSSR count). The largest absolute Gasteiger partial charge is 0.398 e. The molecule has 1 heterocycles. The summed E-state index contributed by atoms with van der Waals surface area (Å²) in [6, 6.07) is 8.24. The second kappa shape index (κ2) is 5.44. The van der Waals surface area contributed by atoms with Crippen LogP contribution in [0.5, 0.6) is 0 Å². The maximum absolute atomic E-state index is 5.94. The Balaban J connectivity index is 2.02. The van der Waals surface area contributed by atoms with Gasteiger partial charge in [-0.25, -0.2) is 0 Å². The van der Waals surface area contributed by atoms with Crippen molar-refractivity contribution in [2.24, 2.45) is 0 Å². The number of anilines is 2. The highest BCUT2D eigenvalue weighted by Crippen LogP contribution is 2.19. The molecule has 0 aliphatic carbocycles. The molecule has 0 aliphatic rings. The average Bonchev–Trinajstić information content (AvgIpc) is 2.76. The first-order valence-electron chi connectivity index (χ1n) is 5.89. The van der Waals surface area contributed by atoms with Crippen LogP contribution in [-0.2, 0) is 6.54 Å². The van der Waals surface area contributed by atoms with Gasteiger partial charge in [0.1, 0.15) is 5.82 Å². The van der Waals surface area contributed by atoms with Crippen molar-refractivity contribution >= 4 is 27.4 Å². The molecule has 0 radical (unpaired) electrons. The number of nitrogens with one attached hydrogen (secondary N) is 1. The summed E-state index contributed by atoms with van der Waals surface area (Å²) >= 11 is 3.40. The van der Waals surface area contributed by atoms with E-state index in [0.717, 1.165) is 21.5 Å². The summed E-state index contributed by atoms with van der Waals surface area (Å²) in [6.45, 7) is 4.88. The molecule has 5 heteroatoms. The molecular formula is C13H17BrN4. The minimum atomic E-state index is 0.373. The van der Waals surface area contributed by atoms with Gasteiger partial charge in [-0.1, -0.05) is 22.0 Å². The molecule has 1 aromatic heterocycles. The van der Waals surface area contributed by atoms with Crippen LogP contribution in [0.2, 0.25) is 0 Å². The van der Waals surface area contributed by atoms with Gasteiger partial charge in [-0.2, -0.15) is 5.10 Å². The third kappa shape index (κ3) is 3.04. The first-order chi connectivity index (χ1) is 8.56. The Morgan fingerprint density at radius 2 is 2.17 bits per heavy atom. The molecule has 0 saturated carbocycles. The SMILES string of the molecule is CC(C)n1ccc(NCc2ccc(Br)cc2N)n1. The van der Waals surface area contributed by atoms with Gasteiger partial charge >= 0.3 is 0 Å². The molecule has 0 saturated heterocycles. The number of halogens is 1. The molecule has 4 nitrogen and oxygen atoms in total. The van der Waals surface area contributed by atoms with E-state index in [4.69, 9.17) is 5.73 Å². The van der Waals surface area contributed by atoms with Crippen molar-refractivity contribution in [2.75, 3.05) is 11.1 Å². The van der Waals surface area contributed by atoms with E-state index in [1.807, 2.05) is 35.1 Å². The topological polar surface area (TPSA) is 55.9 Å². The number of aromatic nitrogens is 2. The van der Waals surface area contributed by atoms with E-state index in [-0.39, 0.29) is 0 Å². The fourth-order valence-electron chi connectivity index (χ4n) is 1.63. The zero-order chi connectivity index (χ0) is 13.1. The lowest BCUT2D eigenvalue weighted by Crippen LogP contribution is -2.05. The predicted molar refractivity (Wildman–Crippen MR) is 78.5 cm³/mol. The van der Waals surface area contributed by atoms with Crippen LogP contribution in [0.15, 0.2) is 34.9 Å². The van der Waals surface area contributed by atoms with E-state index in [2.05, 4.69) is 40.2 Å². The van der Waals surface area contributed by atoms with Gasteiger partial charge in [0.15, 0.2) is 0 Å². The molecule has 0 unspecified atom stereocenters. The summed E-state index contributed by atoms with van der Waals surface area (Å²) in [5.41, 5.74) is 7.79. The van der Waals surface area contributed by atoms with Crippen molar-refractivity contribution in [1.29, 1.82) is 0 Å². The Hall–Kier alpha value is -1.49. The minimum absolute atomic E-state index is 0.373. The van der Waals surface area contributed by atoms with Crippen molar-refractivity contribution in [2.45, 2.75) is 26.4 Å². The quantitative estimate of drug-likeness (QED) is 0.851. The van der Waals surface area contributed by atoms with Gasteiger partial charge in [0.25, 0.3) is 0 Å². The Morgan fingerprint density at radius 3 is 2.78 bits per heavy atom. The van der Waals surface area contributed by atoms with E-state index in [9.17, 15) is 0 Å². The number of hydrogen-bond donors (Lipinski definition) is 2. The molecule has 0 atom stereocenters. The van der Waals surface area contributed by atoms with Crippen LogP contribution in [0, 0.1) is 0 Å². The number of nitrogens with two attached hydrogens (primary N) is 1. The van der Waals surface area contributed by atoms with Crippen molar-refractivity contribution < 1.29 is 0 Å². The lowest BCUT2D eigenvalue weighted by Gasteiger charge is -2.08. The van der Waals surface area contributed by atoms with Gasteiger partial charge in [-0.15, -0.1) is 0 Å². The van der Waals surface area contributed by atoms with Gasteiger partial charge in [0, 0.05) is 35.0 Å². The molecule has 96 valence electrons. The number of rotatable bonds is 4. The molecule has 0 fully saturated rings. The highest BCUT2D eigenvalue weighted by molar-refractivity contribution is 9.10. The Labute approximate surface area is 115 Å². The van der Waals surface area contributed by atoms with Crippen LogP contribution in [0.1, 0.15) is 25.5 Å². The van der Waals surface area contributed by atoms with Crippen molar-refractivity contribution in [3.8, 4) is 0 Å². The van der Waals surface area contributed by atoms with Crippen molar-refractivity contribution in [3.05, 3.63) is 40.5 Å². The summed E-state index contributed by atoms with van der Waals surface area (Å²) in [4.78, 5) is 0. The van der Waals surface area contributed by atoms with Crippen molar-refractivity contribution in [1.82, 2.24) is 9.78 Å². The summed E-state index contributed by atoms with van der Waals surface area (Å²) in [5.74, 6) is 0.867. The Kier molecular flexibility index (Phi) is 3.91. The second-order valence-corrected chi connectivity index (χ2v) is 5.39. The third-order valence-corrected chi connectivity index (χ3v) is 3.20. The van der Waals surface area contributed by atoms with Gasteiger partial charge in [0.2, 0.25) is 0 Å². The predicted octanol–water partition coefficient (Wildman–Crippen LogP) is 3.42. The molecule has 0 amide bonds. The normalized spacial score (nSPS) is 10.9. The van der Waals surface area contributed by atoms with Crippen LogP contribution in [0.25, 0.3) is 0 Å². The van der Waals surface area contributed by atoms with E-state index in [1.165, 1.54) is 0 Å². The number of benzene rings is 1. The lowest BCUT2D eigenvalue weighted by atomic mass is 10.2.